The summed E-state index contributed by atoms with van der Waals surface area (Å²) in [6.45, 7) is 4.51. The van der Waals surface area contributed by atoms with Crippen molar-refractivity contribution in [2.45, 2.75) is 51.7 Å². The van der Waals surface area contributed by atoms with Gasteiger partial charge in [-0.2, -0.15) is 13.2 Å². The molecule has 2 N–H and O–H groups in total. The van der Waals surface area contributed by atoms with Crippen LogP contribution in [-0.2, 0) is 25.3 Å². The van der Waals surface area contributed by atoms with Gasteiger partial charge in [-0.3, -0.25) is 19.3 Å². The van der Waals surface area contributed by atoms with E-state index in [9.17, 15) is 32.3 Å². The van der Waals surface area contributed by atoms with Gasteiger partial charge in [0.05, 0.1) is 10.6 Å². The molecule has 1 heterocycles. The molecular weight excluding hydrogens is 479 g/mol. The zero-order chi connectivity index (χ0) is 25.5. The summed E-state index contributed by atoms with van der Waals surface area (Å²) in [5, 5.41) is 4.37. The first-order valence-corrected chi connectivity index (χ1v) is 11.0. The van der Waals surface area contributed by atoms with Crippen molar-refractivity contribution in [1.29, 1.82) is 0 Å². The van der Waals surface area contributed by atoms with E-state index in [2.05, 4.69) is 10.6 Å². The predicted molar refractivity (Wildman–Crippen MR) is 116 cm³/mol. The van der Waals surface area contributed by atoms with Crippen molar-refractivity contribution in [2.24, 2.45) is 11.3 Å². The lowest BCUT2D eigenvalue weighted by Gasteiger charge is -2.43. The topological polar surface area (TPSA) is 105 Å². The summed E-state index contributed by atoms with van der Waals surface area (Å²) in [4.78, 5) is 50.5. The summed E-state index contributed by atoms with van der Waals surface area (Å²) >= 11 is 5.54. The van der Waals surface area contributed by atoms with Crippen molar-refractivity contribution in [1.82, 2.24) is 10.2 Å². The molecule has 3 rings (SSSR count). The number of urea groups is 1. The number of hydrogen-bond acceptors (Lipinski definition) is 5. The lowest BCUT2D eigenvalue weighted by atomic mass is 9.64. The van der Waals surface area contributed by atoms with Crippen molar-refractivity contribution in [3.8, 4) is 0 Å². The van der Waals surface area contributed by atoms with E-state index in [0.29, 0.717) is 18.9 Å². The molecule has 0 unspecified atom stereocenters. The molecule has 0 bridgehead atoms. The summed E-state index contributed by atoms with van der Waals surface area (Å²) in [7, 11) is 0. The van der Waals surface area contributed by atoms with Gasteiger partial charge in [0, 0.05) is 5.69 Å². The van der Waals surface area contributed by atoms with Crippen molar-refractivity contribution >= 4 is 41.1 Å². The maximum atomic E-state index is 13.0. The molecule has 8 nitrogen and oxygen atoms in total. The first kappa shape index (κ1) is 25.8. The summed E-state index contributed by atoms with van der Waals surface area (Å²) in [5.74, 6) is -2.24. The number of ether oxygens (including phenoxy) is 1. The molecule has 186 valence electrons. The molecule has 4 amide bonds. The minimum atomic E-state index is -4.71. The number of imide groups is 1. The van der Waals surface area contributed by atoms with E-state index in [1.807, 2.05) is 20.8 Å². The molecule has 1 aliphatic carbocycles. The molecule has 1 saturated heterocycles. The first-order valence-electron chi connectivity index (χ1n) is 10.6. The van der Waals surface area contributed by atoms with Crippen molar-refractivity contribution in [2.75, 3.05) is 18.5 Å². The normalized spacial score (nSPS) is 24.2. The fourth-order valence-electron chi connectivity index (χ4n) is 4.99. The first-order chi connectivity index (χ1) is 15.6. The van der Waals surface area contributed by atoms with Gasteiger partial charge in [-0.1, -0.05) is 32.4 Å². The Bertz CT molecular complexity index is 1030. The highest BCUT2D eigenvalue weighted by Crippen LogP contribution is 2.46. The van der Waals surface area contributed by atoms with Gasteiger partial charge in [0.2, 0.25) is 0 Å². The van der Waals surface area contributed by atoms with Crippen LogP contribution in [0.4, 0.5) is 23.7 Å². The number of rotatable bonds is 5. The minimum Gasteiger partial charge on any atom is -0.454 e. The maximum absolute atomic E-state index is 13.0. The summed E-state index contributed by atoms with van der Waals surface area (Å²) in [5.41, 5.74) is -2.58. The van der Waals surface area contributed by atoms with Gasteiger partial charge in [0.15, 0.2) is 6.61 Å². The van der Waals surface area contributed by atoms with Gasteiger partial charge in [-0.05, 0) is 48.8 Å². The van der Waals surface area contributed by atoms with Gasteiger partial charge in [-0.25, -0.2) is 4.79 Å². The highest BCUT2D eigenvalue weighted by atomic mass is 35.5. The molecule has 2 fully saturated rings. The van der Waals surface area contributed by atoms with E-state index in [-0.39, 0.29) is 17.0 Å². The zero-order valence-electron chi connectivity index (χ0n) is 18.8. The summed E-state index contributed by atoms with van der Waals surface area (Å²) in [6, 6.07) is 2.09. The van der Waals surface area contributed by atoms with Crippen molar-refractivity contribution < 1.29 is 37.1 Å². The lowest BCUT2D eigenvalue weighted by molar-refractivity contribution is -0.150. The molecule has 1 spiro atoms. The number of anilines is 1. The number of carbonyl (C=O) groups is 4. The van der Waals surface area contributed by atoms with Gasteiger partial charge < -0.3 is 15.4 Å². The molecule has 2 aliphatic rings. The standard InChI is InChI=1S/C22H25ClF3N3O5/c1-12-7-20(2,3)11-21(8-12)18(32)29(19(33)28-21)9-17(31)34-10-16(30)27-13-4-5-15(23)14(6-13)22(24,25)26/h4-6,12H,7-11H2,1-3H3,(H,27,30)(H,28,33)/t12-,21+/m0/s1. The number of nitrogens with one attached hydrogen (secondary N) is 2. The van der Waals surface area contributed by atoms with Crippen LogP contribution in [0.25, 0.3) is 0 Å². The molecule has 12 heteroatoms. The minimum absolute atomic E-state index is 0.178. The number of hydrogen-bond donors (Lipinski definition) is 2. The van der Waals surface area contributed by atoms with Crippen LogP contribution < -0.4 is 10.6 Å². The van der Waals surface area contributed by atoms with E-state index in [1.165, 1.54) is 0 Å². The van der Waals surface area contributed by atoms with Gasteiger partial charge in [0.25, 0.3) is 11.8 Å². The molecule has 1 aromatic carbocycles. The average molecular weight is 504 g/mol. The highest BCUT2D eigenvalue weighted by Gasteiger charge is 2.56. The Morgan fingerprint density at radius 3 is 2.56 bits per heavy atom. The van der Waals surface area contributed by atoms with Crippen LogP contribution in [0, 0.1) is 11.3 Å². The summed E-state index contributed by atoms with van der Waals surface area (Å²) in [6.07, 6.45) is -2.93. The Kier molecular flexibility index (Phi) is 6.89. The van der Waals surface area contributed by atoms with Crippen LogP contribution in [-0.4, -0.2) is 47.4 Å². The number of carbonyl (C=O) groups excluding carboxylic acids is 4. The third-order valence-corrected chi connectivity index (χ3v) is 6.16. The predicted octanol–water partition coefficient (Wildman–Crippen LogP) is 3.98. The number of benzene rings is 1. The fourth-order valence-corrected chi connectivity index (χ4v) is 5.21. The lowest BCUT2D eigenvalue weighted by Crippen LogP contribution is -2.54. The maximum Gasteiger partial charge on any atom is 0.417 e. The Morgan fingerprint density at radius 2 is 1.94 bits per heavy atom. The molecule has 1 saturated carbocycles. The van der Waals surface area contributed by atoms with E-state index < -0.39 is 59.3 Å². The second kappa shape index (κ2) is 9.09. The quantitative estimate of drug-likeness (QED) is 0.467. The van der Waals surface area contributed by atoms with E-state index in [4.69, 9.17) is 16.3 Å². The van der Waals surface area contributed by atoms with Crippen molar-refractivity contribution in [3.63, 3.8) is 0 Å². The van der Waals surface area contributed by atoms with E-state index in [1.54, 1.807) is 0 Å². The van der Waals surface area contributed by atoms with Crippen LogP contribution in [0.2, 0.25) is 5.02 Å². The molecule has 34 heavy (non-hydrogen) atoms. The Labute approximate surface area is 199 Å². The van der Waals surface area contributed by atoms with Gasteiger partial charge in [-0.15, -0.1) is 0 Å². The van der Waals surface area contributed by atoms with Crippen LogP contribution in [0.1, 0.15) is 45.6 Å². The van der Waals surface area contributed by atoms with Crippen molar-refractivity contribution in [3.05, 3.63) is 28.8 Å². The molecule has 0 aromatic heterocycles. The SMILES string of the molecule is C[C@H]1CC(C)(C)C[C@@]2(C1)NC(=O)N(CC(=O)OCC(=O)Nc1ccc(Cl)c(C(F)(F)F)c1)C2=O. The van der Waals surface area contributed by atoms with Crippen LogP contribution in [0.5, 0.6) is 0 Å². The second-order valence-electron chi connectivity index (χ2n) is 9.66. The monoisotopic (exact) mass is 503 g/mol. The molecular formula is C22H25ClF3N3O5. The van der Waals surface area contributed by atoms with Crippen LogP contribution in [0.15, 0.2) is 18.2 Å². The molecule has 1 aliphatic heterocycles. The van der Waals surface area contributed by atoms with Crippen LogP contribution >= 0.6 is 11.6 Å². The number of halogens is 4. The summed E-state index contributed by atoms with van der Waals surface area (Å²) < 4.78 is 43.6. The Morgan fingerprint density at radius 1 is 1.26 bits per heavy atom. The number of amides is 4. The number of esters is 1. The smallest absolute Gasteiger partial charge is 0.417 e. The number of nitrogens with zero attached hydrogens (tertiary/aromatic N) is 1. The Balaban J connectivity index is 1.57. The van der Waals surface area contributed by atoms with E-state index >= 15 is 0 Å². The highest BCUT2D eigenvalue weighted by molar-refractivity contribution is 6.31. The zero-order valence-corrected chi connectivity index (χ0v) is 19.6. The Hall–Kier alpha value is -2.82. The fraction of sp³-hybridized carbons (Fsp3) is 0.545. The largest absolute Gasteiger partial charge is 0.454 e. The van der Waals surface area contributed by atoms with Gasteiger partial charge in [0.1, 0.15) is 12.1 Å². The third-order valence-electron chi connectivity index (χ3n) is 5.83. The molecule has 2 atom stereocenters. The van der Waals surface area contributed by atoms with Gasteiger partial charge >= 0.3 is 18.2 Å². The van der Waals surface area contributed by atoms with Crippen LogP contribution in [0.3, 0.4) is 0 Å². The molecule has 1 aromatic rings. The third kappa shape index (κ3) is 5.63. The second-order valence-corrected chi connectivity index (χ2v) is 10.1. The van der Waals surface area contributed by atoms with E-state index in [0.717, 1.165) is 23.5 Å². The number of alkyl halides is 3. The molecule has 0 radical (unpaired) electrons. The average Bonchev–Trinajstić information content (AvgIpc) is 2.88.